The van der Waals surface area contributed by atoms with Crippen molar-refractivity contribution in [2.45, 2.75) is 6.61 Å². The van der Waals surface area contributed by atoms with Crippen LogP contribution in [0.5, 0.6) is 11.5 Å². The molecule has 0 fully saturated rings. The summed E-state index contributed by atoms with van der Waals surface area (Å²) in [6.07, 6.45) is 1.37. The zero-order valence-electron chi connectivity index (χ0n) is 15.0. The summed E-state index contributed by atoms with van der Waals surface area (Å²) >= 11 is 3.38. The van der Waals surface area contributed by atoms with Crippen LogP contribution in [0.2, 0.25) is 0 Å². The van der Waals surface area contributed by atoms with Crippen LogP contribution in [-0.2, 0) is 16.2 Å². The van der Waals surface area contributed by atoms with Crippen molar-refractivity contribution in [2.24, 2.45) is 5.10 Å². The monoisotopic (exact) mass is 450 g/mol. The van der Waals surface area contributed by atoms with Gasteiger partial charge in [0.25, 0.3) is 0 Å². The van der Waals surface area contributed by atoms with Crippen LogP contribution in [0.1, 0.15) is 11.1 Å². The van der Waals surface area contributed by atoms with Crippen LogP contribution in [0.3, 0.4) is 0 Å². The molecule has 2 aromatic rings. The molecule has 2 aromatic carbocycles. The lowest BCUT2D eigenvalue weighted by Crippen LogP contribution is -2.30. The number of aliphatic carboxylic acids is 2. The van der Waals surface area contributed by atoms with E-state index in [4.69, 9.17) is 19.7 Å². The fourth-order valence-electron chi connectivity index (χ4n) is 2.22. The van der Waals surface area contributed by atoms with E-state index < -0.39 is 25.0 Å². The van der Waals surface area contributed by atoms with Crippen molar-refractivity contribution in [2.75, 3.05) is 20.2 Å². The number of hydrazone groups is 1. The van der Waals surface area contributed by atoms with Crippen LogP contribution in [-0.4, -0.2) is 53.6 Å². The van der Waals surface area contributed by atoms with Crippen molar-refractivity contribution in [3.05, 3.63) is 58.1 Å². The molecule has 0 saturated heterocycles. The summed E-state index contributed by atoms with van der Waals surface area (Å²) in [6.45, 7) is -0.676. The Morgan fingerprint density at radius 3 is 2.29 bits per heavy atom. The van der Waals surface area contributed by atoms with Crippen LogP contribution in [0.4, 0.5) is 0 Å². The SMILES string of the molecule is COc1cc(/C=N\N(CC(=O)O)CC(=O)O)ccc1OCc1ccc(Br)cc1. The lowest BCUT2D eigenvalue weighted by Gasteiger charge is -2.14. The molecule has 2 N–H and O–H groups in total. The molecule has 0 amide bonds. The third-order valence-corrected chi connectivity index (χ3v) is 4.03. The zero-order valence-corrected chi connectivity index (χ0v) is 16.6. The molecule has 28 heavy (non-hydrogen) atoms. The summed E-state index contributed by atoms with van der Waals surface area (Å²) in [6, 6.07) is 12.8. The molecule has 8 nitrogen and oxygen atoms in total. The summed E-state index contributed by atoms with van der Waals surface area (Å²) in [5, 5.41) is 22.5. The molecule has 0 atom stereocenters. The van der Waals surface area contributed by atoms with E-state index in [0.717, 1.165) is 15.0 Å². The second kappa shape index (κ2) is 10.3. The second-order valence-corrected chi connectivity index (χ2v) is 6.60. The molecule has 0 bridgehead atoms. The van der Waals surface area contributed by atoms with E-state index in [0.29, 0.717) is 23.7 Å². The Bertz CT molecular complexity index is 838. The molecular weight excluding hydrogens is 432 g/mol. The predicted molar refractivity (Wildman–Crippen MR) is 106 cm³/mol. The standard InChI is InChI=1S/C19H19BrN2O6/c1-27-17-8-14(9-21-22(10-18(23)24)11-19(25)26)4-7-16(17)28-12-13-2-5-15(20)6-3-13/h2-9H,10-12H2,1H3,(H,23,24)(H,25,26)/b21-9-. The van der Waals surface area contributed by atoms with Gasteiger partial charge in [0, 0.05) is 4.47 Å². The smallest absolute Gasteiger partial charge is 0.324 e. The van der Waals surface area contributed by atoms with Gasteiger partial charge in [0.2, 0.25) is 0 Å². The molecular formula is C19H19BrN2O6. The molecule has 0 aliphatic rings. The highest BCUT2D eigenvalue weighted by Crippen LogP contribution is 2.28. The van der Waals surface area contributed by atoms with Gasteiger partial charge in [-0.2, -0.15) is 5.10 Å². The van der Waals surface area contributed by atoms with Crippen molar-refractivity contribution in [3.63, 3.8) is 0 Å². The molecule has 0 spiro atoms. The van der Waals surface area contributed by atoms with Crippen LogP contribution < -0.4 is 9.47 Å². The lowest BCUT2D eigenvalue weighted by atomic mass is 10.2. The van der Waals surface area contributed by atoms with Gasteiger partial charge in [-0.1, -0.05) is 28.1 Å². The third kappa shape index (κ3) is 6.92. The van der Waals surface area contributed by atoms with Crippen LogP contribution >= 0.6 is 15.9 Å². The number of ether oxygens (including phenoxy) is 2. The lowest BCUT2D eigenvalue weighted by molar-refractivity contribution is -0.141. The molecule has 0 saturated carbocycles. The van der Waals surface area contributed by atoms with Gasteiger partial charge in [-0.3, -0.25) is 14.6 Å². The Morgan fingerprint density at radius 2 is 1.71 bits per heavy atom. The Morgan fingerprint density at radius 1 is 1.07 bits per heavy atom. The molecule has 0 aliphatic carbocycles. The minimum Gasteiger partial charge on any atom is -0.493 e. The summed E-state index contributed by atoms with van der Waals surface area (Å²) in [5.41, 5.74) is 1.60. The van der Waals surface area contributed by atoms with Crippen LogP contribution in [0, 0.1) is 0 Å². The van der Waals surface area contributed by atoms with Gasteiger partial charge in [-0.25, -0.2) is 0 Å². The van der Waals surface area contributed by atoms with E-state index in [1.807, 2.05) is 24.3 Å². The number of carbonyl (C=O) groups is 2. The number of benzene rings is 2. The minimum absolute atomic E-state index is 0.363. The highest BCUT2D eigenvalue weighted by atomic mass is 79.9. The largest absolute Gasteiger partial charge is 0.493 e. The van der Waals surface area contributed by atoms with Gasteiger partial charge in [-0.15, -0.1) is 0 Å². The maximum atomic E-state index is 10.8. The Balaban J connectivity index is 2.09. The number of carboxylic acids is 2. The fraction of sp³-hybridized carbons (Fsp3) is 0.211. The van der Waals surface area contributed by atoms with Crippen molar-refractivity contribution in [1.29, 1.82) is 0 Å². The summed E-state index contributed by atoms with van der Waals surface area (Å²) in [7, 11) is 1.50. The molecule has 0 radical (unpaired) electrons. The third-order valence-electron chi connectivity index (χ3n) is 3.50. The summed E-state index contributed by atoms with van der Waals surface area (Å²) in [5.74, 6) is -1.33. The van der Waals surface area contributed by atoms with Gasteiger partial charge < -0.3 is 19.7 Å². The number of carboxylic acid groups (broad SMARTS) is 2. The van der Waals surface area contributed by atoms with Crippen molar-refractivity contribution >= 4 is 34.1 Å². The molecule has 0 aliphatic heterocycles. The van der Waals surface area contributed by atoms with Crippen molar-refractivity contribution in [1.82, 2.24) is 5.01 Å². The molecule has 9 heteroatoms. The first-order valence-corrected chi connectivity index (χ1v) is 8.94. The van der Waals surface area contributed by atoms with Crippen molar-refractivity contribution in [3.8, 4) is 11.5 Å². The Kier molecular flexibility index (Phi) is 7.82. The average molecular weight is 451 g/mol. The molecule has 0 aromatic heterocycles. The van der Waals surface area contributed by atoms with Crippen molar-refractivity contribution < 1.29 is 29.3 Å². The predicted octanol–water partition coefficient (Wildman–Crippen LogP) is 2.84. The number of hydrogen-bond acceptors (Lipinski definition) is 6. The van der Waals surface area contributed by atoms with E-state index in [-0.39, 0.29) is 0 Å². The highest BCUT2D eigenvalue weighted by Gasteiger charge is 2.11. The quantitative estimate of drug-likeness (QED) is 0.423. The van der Waals surface area contributed by atoms with Gasteiger partial charge in [0.15, 0.2) is 11.5 Å². The summed E-state index contributed by atoms with van der Waals surface area (Å²) in [4.78, 5) is 21.6. The average Bonchev–Trinajstić information content (AvgIpc) is 2.65. The van der Waals surface area contributed by atoms with E-state index in [9.17, 15) is 9.59 Å². The van der Waals surface area contributed by atoms with Gasteiger partial charge in [-0.05, 0) is 41.5 Å². The second-order valence-electron chi connectivity index (χ2n) is 5.68. The number of nitrogens with zero attached hydrogens (tertiary/aromatic N) is 2. The highest BCUT2D eigenvalue weighted by molar-refractivity contribution is 9.10. The normalized spacial score (nSPS) is 10.6. The number of rotatable bonds is 10. The first-order valence-electron chi connectivity index (χ1n) is 8.15. The van der Waals surface area contributed by atoms with E-state index >= 15 is 0 Å². The van der Waals surface area contributed by atoms with Gasteiger partial charge >= 0.3 is 11.9 Å². The molecule has 0 unspecified atom stereocenters. The minimum atomic E-state index is -1.17. The molecule has 0 heterocycles. The van der Waals surface area contributed by atoms with E-state index in [1.54, 1.807) is 18.2 Å². The number of halogens is 1. The van der Waals surface area contributed by atoms with Gasteiger partial charge in [0.05, 0.1) is 13.3 Å². The van der Waals surface area contributed by atoms with E-state index in [1.165, 1.54) is 13.3 Å². The first-order chi connectivity index (χ1) is 13.4. The summed E-state index contributed by atoms with van der Waals surface area (Å²) < 4.78 is 12.1. The number of hydrogen-bond donors (Lipinski definition) is 2. The fourth-order valence-corrected chi connectivity index (χ4v) is 2.49. The van der Waals surface area contributed by atoms with E-state index in [2.05, 4.69) is 21.0 Å². The Labute approximate surface area is 170 Å². The zero-order chi connectivity index (χ0) is 20.5. The number of methoxy groups -OCH3 is 1. The van der Waals surface area contributed by atoms with Gasteiger partial charge in [0.1, 0.15) is 19.7 Å². The maximum Gasteiger partial charge on any atom is 0.324 e. The first kappa shape index (κ1) is 21.2. The van der Waals surface area contributed by atoms with Crippen LogP contribution in [0.15, 0.2) is 52.0 Å². The van der Waals surface area contributed by atoms with Crippen LogP contribution in [0.25, 0.3) is 0 Å². The molecule has 2 rings (SSSR count). The Hall–Kier alpha value is -3.07. The topological polar surface area (TPSA) is 109 Å². The maximum absolute atomic E-state index is 10.8. The molecule has 148 valence electrons.